The lowest BCUT2D eigenvalue weighted by Gasteiger charge is -2.06. The average molecular weight is 305 g/mol. The van der Waals surface area contributed by atoms with E-state index >= 15 is 0 Å². The highest BCUT2D eigenvalue weighted by molar-refractivity contribution is 7.84. The van der Waals surface area contributed by atoms with Gasteiger partial charge in [-0.1, -0.05) is 18.2 Å². The summed E-state index contributed by atoms with van der Waals surface area (Å²) >= 11 is 0. The molecule has 21 heavy (non-hydrogen) atoms. The van der Waals surface area contributed by atoms with Crippen molar-refractivity contribution in [3.8, 4) is 0 Å². The highest BCUT2D eigenvalue weighted by atomic mass is 32.2. The van der Waals surface area contributed by atoms with Crippen LogP contribution in [0.3, 0.4) is 0 Å². The smallest absolute Gasteiger partial charge is 0.224 e. The van der Waals surface area contributed by atoms with Crippen LogP contribution in [0.2, 0.25) is 0 Å². The normalized spacial score (nSPS) is 11.9. The molecule has 2 aromatic carbocycles. The Balaban J connectivity index is 1.91. The molecule has 1 atom stereocenters. The van der Waals surface area contributed by atoms with Crippen LogP contribution in [0.4, 0.5) is 10.1 Å². The summed E-state index contributed by atoms with van der Waals surface area (Å²) in [6.45, 7) is 0. The quantitative estimate of drug-likeness (QED) is 0.922. The number of benzene rings is 2. The summed E-state index contributed by atoms with van der Waals surface area (Å²) in [5.41, 5.74) is 1.54. The largest absolute Gasteiger partial charge is 0.326 e. The van der Waals surface area contributed by atoms with Crippen molar-refractivity contribution >= 4 is 22.4 Å². The van der Waals surface area contributed by atoms with Crippen molar-refractivity contribution in [1.82, 2.24) is 0 Å². The third-order valence-electron chi connectivity index (χ3n) is 3.00. The molecule has 3 nitrogen and oxygen atoms in total. The Kier molecular flexibility index (Phi) is 5.22. The zero-order valence-corrected chi connectivity index (χ0v) is 12.5. The zero-order valence-electron chi connectivity index (χ0n) is 11.6. The minimum Gasteiger partial charge on any atom is -0.326 e. The Morgan fingerprint density at radius 1 is 1.19 bits per heavy atom. The van der Waals surface area contributed by atoms with Crippen molar-refractivity contribution in [2.75, 3.05) is 11.6 Å². The van der Waals surface area contributed by atoms with Gasteiger partial charge < -0.3 is 5.32 Å². The summed E-state index contributed by atoms with van der Waals surface area (Å²) in [5.74, 6) is -0.411. The van der Waals surface area contributed by atoms with Crippen LogP contribution in [0, 0.1) is 5.82 Å². The summed E-state index contributed by atoms with van der Waals surface area (Å²) in [6, 6.07) is 13.1. The minimum atomic E-state index is -1.08. The highest BCUT2D eigenvalue weighted by Gasteiger charge is 2.05. The Bertz CT molecular complexity index is 656. The first-order valence-corrected chi connectivity index (χ1v) is 8.08. The number of carbonyl (C=O) groups is 1. The Morgan fingerprint density at radius 3 is 2.57 bits per heavy atom. The van der Waals surface area contributed by atoms with Gasteiger partial charge in [-0.2, -0.15) is 0 Å². The van der Waals surface area contributed by atoms with Crippen molar-refractivity contribution < 1.29 is 13.4 Å². The predicted octanol–water partition coefficient (Wildman–Crippen LogP) is 3.13. The number of hydrogen-bond acceptors (Lipinski definition) is 2. The number of nitrogens with one attached hydrogen (secondary N) is 1. The van der Waals surface area contributed by atoms with E-state index in [1.54, 1.807) is 42.7 Å². The van der Waals surface area contributed by atoms with Crippen molar-refractivity contribution in [1.29, 1.82) is 0 Å². The lowest BCUT2D eigenvalue weighted by atomic mass is 10.1. The molecule has 0 aromatic heterocycles. The van der Waals surface area contributed by atoms with E-state index in [2.05, 4.69) is 5.32 Å². The van der Waals surface area contributed by atoms with Gasteiger partial charge in [-0.15, -0.1) is 0 Å². The molecule has 0 saturated carbocycles. The van der Waals surface area contributed by atoms with Crippen molar-refractivity contribution in [3.05, 3.63) is 59.9 Å². The second-order valence-electron chi connectivity index (χ2n) is 4.66. The topological polar surface area (TPSA) is 46.2 Å². The molecule has 1 amide bonds. The Morgan fingerprint density at radius 2 is 1.90 bits per heavy atom. The molecule has 0 unspecified atom stereocenters. The van der Waals surface area contributed by atoms with Crippen molar-refractivity contribution in [3.63, 3.8) is 0 Å². The van der Waals surface area contributed by atoms with Gasteiger partial charge in [0, 0.05) is 34.1 Å². The summed E-state index contributed by atoms with van der Waals surface area (Å²) in [5, 5.41) is 2.77. The van der Waals surface area contributed by atoms with E-state index in [0.29, 0.717) is 23.4 Å². The summed E-state index contributed by atoms with van der Waals surface area (Å²) in [4.78, 5) is 12.5. The molecular weight excluding hydrogens is 289 g/mol. The fourth-order valence-electron chi connectivity index (χ4n) is 1.89. The van der Waals surface area contributed by atoms with Crippen LogP contribution >= 0.6 is 0 Å². The fraction of sp³-hybridized carbons (Fsp3) is 0.188. The molecule has 0 aliphatic heterocycles. The number of halogens is 1. The van der Waals surface area contributed by atoms with Gasteiger partial charge >= 0.3 is 0 Å². The van der Waals surface area contributed by atoms with Crippen LogP contribution in [0.15, 0.2) is 53.4 Å². The monoisotopic (exact) mass is 305 g/mol. The number of carbonyl (C=O) groups excluding carboxylic acids is 1. The lowest BCUT2D eigenvalue weighted by molar-refractivity contribution is -0.116. The molecule has 2 rings (SSSR count). The SMILES string of the molecule is C[S@@](=O)c1cccc(NC(=O)CCc2ccc(F)cc2)c1. The third kappa shape index (κ3) is 4.79. The van der Waals surface area contributed by atoms with Gasteiger partial charge in [0.25, 0.3) is 0 Å². The highest BCUT2D eigenvalue weighted by Crippen LogP contribution is 2.14. The van der Waals surface area contributed by atoms with Gasteiger partial charge in [0.05, 0.1) is 0 Å². The molecule has 0 aliphatic rings. The van der Waals surface area contributed by atoms with E-state index in [1.165, 1.54) is 12.1 Å². The van der Waals surface area contributed by atoms with E-state index in [0.717, 1.165) is 5.56 Å². The molecule has 0 aliphatic carbocycles. The van der Waals surface area contributed by atoms with Crippen LogP contribution in [-0.4, -0.2) is 16.4 Å². The molecular formula is C16H16FNO2S. The molecule has 0 bridgehead atoms. The van der Waals surface area contributed by atoms with E-state index in [9.17, 15) is 13.4 Å². The van der Waals surface area contributed by atoms with Gasteiger partial charge in [-0.05, 0) is 42.3 Å². The van der Waals surface area contributed by atoms with Crippen molar-refractivity contribution in [2.45, 2.75) is 17.7 Å². The van der Waals surface area contributed by atoms with Gasteiger partial charge in [-0.25, -0.2) is 4.39 Å². The Hall–Kier alpha value is -2.01. The maximum Gasteiger partial charge on any atom is 0.224 e. The van der Waals surface area contributed by atoms with Gasteiger partial charge in [0.1, 0.15) is 5.82 Å². The van der Waals surface area contributed by atoms with Crippen LogP contribution < -0.4 is 5.32 Å². The minimum absolute atomic E-state index is 0.127. The molecule has 0 saturated heterocycles. The third-order valence-corrected chi connectivity index (χ3v) is 3.92. The first-order chi connectivity index (χ1) is 10.0. The first kappa shape index (κ1) is 15.4. The molecule has 110 valence electrons. The van der Waals surface area contributed by atoms with Crippen molar-refractivity contribution in [2.24, 2.45) is 0 Å². The molecule has 0 heterocycles. The van der Waals surface area contributed by atoms with Crippen LogP contribution in [-0.2, 0) is 22.0 Å². The van der Waals surface area contributed by atoms with E-state index < -0.39 is 10.8 Å². The standard InChI is InChI=1S/C16H16FNO2S/c1-21(20)15-4-2-3-14(11-15)18-16(19)10-7-12-5-8-13(17)9-6-12/h2-6,8-9,11H,7,10H2,1H3,(H,18,19)/t21-/m1/s1. The van der Waals surface area contributed by atoms with Gasteiger partial charge in [0.2, 0.25) is 5.91 Å². The Labute approximate surface area is 125 Å². The number of anilines is 1. The maximum absolute atomic E-state index is 12.8. The summed E-state index contributed by atoms with van der Waals surface area (Å²) in [7, 11) is -1.08. The molecule has 0 fully saturated rings. The lowest BCUT2D eigenvalue weighted by Crippen LogP contribution is -2.12. The maximum atomic E-state index is 12.8. The number of hydrogen-bond donors (Lipinski definition) is 1. The number of rotatable bonds is 5. The van der Waals surface area contributed by atoms with Crippen LogP contribution in [0.5, 0.6) is 0 Å². The van der Waals surface area contributed by atoms with Crippen LogP contribution in [0.25, 0.3) is 0 Å². The summed E-state index contributed by atoms with van der Waals surface area (Å²) in [6.07, 6.45) is 2.45. The van der Waals surface area contributed by atoms with E-state index in [1.807, 2.05) is 0 Å². The number of amides is 1. The predicted molar refractivity (Wildman–Crippen MR) is 82.1 cm³/mol. The van der Waals surface area contributed by atoms with Gasteiger partial charge in [0.15, 0.2) is 0 Å². The fourth-order valence-corrected chi connectivity index (χ4v) is 2.45. The molecule has 1 N–H and O–H groups in total. The first-order valence-electron chi connectivity index (χ1n) is 6.52. The molecule has 2 aromatic rings. The van der Waals surface area contributed by atoms with E-state index in [-0.39, 0.29) is 11.7 Å². The molecule has 0 radical (unpaired) electrons. The average Bonchev–Trinajstić information content (AvgIpc) is 2.47. The molecule has 0 spiro atoms. The number of aryl methyl sites for hydroxylation is 1. The second kappa shape index (κ2) is 7.13. The summed E-state index contributed by atoms with van der Waals surface area (Å²) < 4.78 is 24.2. The second-order valence-corrected chi connectivity index (χ2v) is 6.04. The van der Waals surface area contributed by atoms with E-state index in [4.69, 9.17) is 0 Å². The zero-order chi connectivity index (χ0) is 15.2. The van der Waals surface area contributed by atoms with Crippen LogP contribution in [0.1, 0.15) is 12.0 Å². The molecule has 5 heteroatoms. The van der Waals surface area contributed by atoms with Gasteiger partial charge in [-0.3, -0.25) is 9.00 Å².